The van der Waals surface area contributed by atoms with Crippen molar-refractivity contribution in [1.29, 1.82) is 0 Å². The molecule has 1 N–H and O–H groups in total. The van der Waals surface area contributed by atoms with Crippen LogP contribution >= 0.6 is 0 Å². The van der Waals surface area contributed by atoms with E-state index in [4.69, 9.17) is 0 Å². The van der Waals surface area contributed by atoms with Gasteiger partial charge in [-0.3, -0.25) is 0 Å². The first-order chi connectivity index (χ1) is 8.99. The van der Waals surface area contributed by atoms with E-state index >= 15 is 0 Å². The van der Waals surface area contributed by atoms with Crippen LogP contribution in [0.25, 0.3) is 0 Å². The number of benzene rings is 1. The second-order valence-electron chi connectivity index (χ2n) is 5.04. The molecular formula is C15H22F3N. The van der Waals surface area contributed by atoms with E-state index in [1.54, 1.807) is 0 Å². The molecule has 1 aromatic rings. The fourth-order valence-corrected chi connectivity index (χ4v) is 2.37. The molecule has 0 radical (unpaired) electrons. The lowest BCUT2D eigenvalue weighted by atomic mass is 9.92. The largest absolute Gasteiger partial charge is 0.310 e. The van der Waals surface area contributed by atoms with Crippen LogP contribution in [0.15, 0.2) is 12.1 Å². The molecule has 0 fully saturated rings. The zero-order valence-electron chi connectivity index (χ0n) is 11.8. The monoisotopic (exact) mass is 273 g/mol. The summed E-state index contributed by atoms with van der Waals surface area (Å²) in [5.74, 6) is -3.20. The SMILES string of the molecule is CCCC(C)CC(NCC)c1cc(F)c(F)c(F)c1. The van der Waals surface area contributed by atoms with E-state index < -0.39 is 17.5 Å². The number of hydrogen-bond donors (Lipinski definition) is 1. The molecule has 0 saturated carbocycles. The minimum absolute atomic E-state index is 0.142. The van der Waals surface area contributed by atoms with Gasteiger partial charge < -0.3 is 5.32 Å². The van der Waals surface area contributed by atoms with Crippen molar-refractivity contribution in [2.45, 2.75) is 46.1 Å². The summed E-state index contributed by atoms with van der Waals surface area (Å²) in [5.41, 5.74) is 0.473. The maximum Gasteiger partial charge on any atom is 0.194 e. The second-order valence-corrected chi connectivity index (χ2v) is 5.04. The van der Waals surface area contributed by atoms with Crippen molar-refractivity contribution in [1.82, 2.24) is 5.32 Å². The van der Waals surface area contributed by atoms with Crippen LogP contribution in [0.4, 0.5) is 13.2 Å². The zero-order valence-corrected chi connectivity index (χ0v) is 11.8. The minimum Gasteiger partial charge on any atom is -0.310 e. The summed E-state index contributed by atoms with van der Waals surface area (Å²) < 4.78 is 39.5. The van der Waals surface area contributed by atoms with E-state index in [9.17, 15) is 13.2 Å². The van der Waals surface area contributed by atoms with E-state index in [1.165, 1.54) is 0 Å². The fourth-order valence-electron chi connectivity index (χ4n) is 2.37. The highest BCUT2D eigenvalue weighted by Crippen LogP contribution is 2.26. The van der Waals surface area contributed by atoms with Crippen LogP contribution in [0.1, 0.15) is 51.6 Å². The van der Waals surface area contributed by atoms with Crippen LogP contribution in [0.2, 0.25) is 0 Å². The third-order valence-corrected chi connectivity index (χ3v) is 3.28. The van der Waals surface area contributed by atoms with Gasteiger partial charge in [0.25, 0.3) is 0 Å². The Morgan fingerprint density at radius 2 is 1.68 bits per heavy atom. The molecule has 0 aliphatic carbocycles. The highest BCUT2D eigenvalue weighted by molar-refractivity contribution is 5.22. The number of halogens is 3. The third kappa shape index (κ3) is 4.53. The lowest BCUT2D eigenvalue weighted by Gasteiger charge is -2.22. The molecule has 0 amide bonds. The highest BCUT2D eigenvalue weighted by Gasteiger charge is 2.18. The van der Waals surface area contributed by atoms with Crippen LogP contribution in [-0.2, 0) is 0 Å². The van der Waals surface area contributed by atoms with Crippen LogP contribution < -0.4 is 5.32 Å². The van der Waals surface area contributed by atoms with Crippen LogP contribution in [0.3, 0.4) is 0 Å². The van der Waals surface area contributed by atoms with Gasteiger partial charge >= 0.3 is 0 Å². The lowest BCUT2D eigenvalue weighted by molar-refractivity contribution is 0.388. The maximum absolute atomic E-state index is 13.3. The zero-order chi connectivity index (χ0) is 14.4. The standard InChI is InChI=1S/C15H22F3N/c1-4-6-10(3)7-14(19-5-2)11-8-12(16)15(18)13(17)9-11/h8-10,14,19H,4-7H2,1-3H3. The first kappa shape index (κ1) is 16.0. The average Bonchev–Trinajstić information content (AvgIpc) is 2.35. The summed E-state index contributed by atoms with van der Waals surface area (Å²) in [5, 5.41) is 3.21. The first-order valence-corrected chi connectivity index (χ1v) is 6.87. The number of nitrogens with one attached hydrogen (secondary N) is 1. The lowest BCUT2D eigenvalue weighted by Crippen LogP contribution is -2.23. The Kier molecular flexibility index (Phi) is 6.35. The minimum atomic E-state index is -1.40. The first-order valence-electron chi connectivity index (χ1n) is 6.87. The third-order valence-electron chi connectivity index (χ3n) is 3.28. The van der Waals surface area contributed by atoms with Gasteiger partial charge in [-0.1, -0.05) is 33.6 Å². The Labute approximate surface area is 113 Å². The van der Waals surface area contributed by atoms with Crippen molar-refractivity contribution in [3.05, 3.63) is 35.1 Å². The molecule has 0 aliphatic rings. The Hall–Kier alpha value is -1.03. The molecule has 0 bridgehead atoms. The van der Waals surface area contributed by atoms with Crippen LogP contribution in [0, 0.1) is 23.4 Å². The van der Waals surface area contributed by atoms with Gasteiger partial charge in [0.2, 0.25) is 0 Å². The quantitative estimate of drug-likeness (QED) is 0.717. The van der Waals surface area contributed by atoms with Gasteiger partial charge in [0.05, 0.1) is 0 Å². The molecular weight excluding hydrogens is 251 g/mol. The Balaban J connectivity index is 2.92. The molecule has 0 heterocycles. The van der Waals surface area contributed by atoms with Crippen molar-refractivity contribution < 1.29 is 13.2 Å². The Morgan fingerprint density at radius 1 is 1.11 bits per heavy atom. The molecule has 0 spiro atoms. The Morgan fingerprint density at radius 3 is 2.16 bits per heavy atom. The summed E-state index contributed by atoms with van der Waals surface area (Å²) in [6.07, 6.45) is 2.92. The number of rotatable bonds is 7. The predicted molar refractivity (Wildman–Crippen MR) is 71.4 cm³/mol. The normalized spacial score (nSPS) is 14.4. The summed E-state index contributed by atoms with van der Waals surface area (Å²) in [4.78, 5) is 0. The summed E-state index contributed by atoms with van der Waals surface area (Å²) in [6.45, 7) is 6.86. The van der Waals surface area contributed by atoms with Crippen molar-refractivity contribution in [3.63, 3.8) is 0 Å². The topological polar surface area (TPSA) is 12.0 Å². The van der Waals surface area contributed by atoms with Crippen LogP contribution in [0.5, 0.6) is 0 Å². The molecule has 0 aromatic heterocycles. The summed E-state index contributed by atoms with van der Waals surface area (Å²) >= 11 is 0. The van der Waals surface area contributed by atoms with Gasteiger partial charge in [-0.25, -0.2) is 13.2 Å². The van der Waals surface area contributed by atoms with Gasteiger partial charge in [0.15, 0.2) is 17.5 Å². The van der Waals surface area contributed by atoms with Gasteiger partial charge in [0, 0.05) is 6.04 Å². The smallest absolute Gasteiger partial charge is 0.194 e. The van der Waals surface area contributed by atoms with E-state index in [0.717, 1.165) is 31.4 Å². The molecule has 2 atom stereocenters. The highest BCUT2D eigenvalue weighted by atomic mass is 19.2. The van der Waals surface area contributed by atoms with Gasteiger partial charge in [-0.15, -0.1) is 0 Å². The molecule has 1 nitrogen and oxygen atoms in total. The molecule has 2 unspecified atom stereocenters. The molecule has 0 saturated heterocycles. The van der Waals surface area contributed by atoms with E-state index in [-0.39, 0.29) is 6.04 Å². The van der Waals surface area contributed by atoms with Gasteiger partial charge in [0.1, 0.15) is 0 Å². The van der Waals surface area contributed by atoms with E-state index in [1.807, 2.05) is 6.92 Å². The fraction of sp³-hybridized carbons (Fsp3) is 0.600. The Bertz CT molecular complexity index is 383. The summed E-state index contributed by atoms with van der Waals surface area (Å²) in [6, 6.07) is 2.03. The maximum atomic E-state index is 13.3. The molecule has 0 aliphatic heterocycles. The van der Waals surface area contributed by atoms with Gasteiger partial charge in [-0.2, -0.15) is 0 Å². The van der Waals surface area contributed by atoms with Crippen molar-refractivity contribution in [2.75, 3.05) is 6.54 Å². The number of hydrogen-bond acceptors (Lipinski definition) is 1. The molecule has 108 valence electrons. The van der Waals surface area contributed by atoms with Crippen molar-refractivity contribution >= 4 is 0 Å². The second kappa shape index (κ2) is 7.53. The van der Waals surface area contributed by atoms with Crippen molar-refractivity contribution in [3.8, 4) is 0 Å². The molecule has 1 rings (SSSR count). The summed E-state index contributed by atoms with van der Waals surface area (Å²) in [7, 11) is 0. The van der Waals surface area contributed by atoms with Crippen molar-refractivity contribution in [2.24, 2.45) is 5.92 Å². The van der Waals surface area contributed by atoms with E-state index in [2.05, 4.69) is 19.2 Å². The predicted octanol–water partition coefficient (Wildman–Crippen LogP) is 4.58. The molecule has 4 heteroatoms. The average molecular weight is 273 g/mol. The molecule has 19 heavy (non-hydrogen) atoms. The molecule has 1 aromatic carbocycles. The van der Waals surface area contributed by atoms with E-state index in [0.29, 0.717) is 18.0 Å². The van der Waals surface area contributed by atoms with Gasteiger partial charge in [-0.05, 0) is 36.6 Å². The van der Waals surface area contributed by atoms with Crippen LogP contribution in [-0.4, -0.2) is 6.54 Å².